The zero-order valence-corrected chi connectivity index (χ0v) is 12.3. The number of hydrogen-bond donors (Lipinski definition) is 2. The summed E-state index contributed by atoms with van der Waals surface area (Å²) in [6, 6.07) is 8.77. The number of urea groups is 1. The number of nitrogens with zero attached hydrogens (tertiary/aromatic N) is 2. The number of anilines is 1. The standard InChI is InChI=1S/C15H24N4O/c1-12(2)19(10-9-18-8-7-17-15(18)20)14-5-3-13(11-16)4-6-14/h3-6,12H,7-11,16H2,1-2H3,(H,17,20). The first-order valence-corrected chi connectivity index (χ1v) is 7.20. The second-order valence-electron chi connectivity index (χ2n) is 5.38. The van der Waals surface area contributed by atoms with E-state index < -0.39 is 0 Å². The zero-order valence-electron chi connectivity index (χ0n) is 12.3. The summed E-state index contributed by atoms with van der Waals surface area (Å²) in [4.78, 5) is 15.7. The minimum absolute atomic E-state index is 0.0483. The monoisotopic (exact) mass is 276 g/mol. The molecular weight excluding hydrogens is 252 g/mol. The predicted octanol–water partition coefficient (Wildman–Crippen LogP) is 1.39. The minimum atomic E-state index is 0.0483. The quantitative estimate of drug-likeness (QED) is 0.825. The highest BCUT2D eigenvalue weighted by Crippen LogP contribution is 2.18. The molecule has 110 valence electrons. The number of nitrogens with two attached hydrogens (primary N) is 1. The largest absolute Gasteiger partial charge is 0.367 e. The molecule has 0 saturated carbocycles. The van der Waals surface area contributed by atoms with Crippen molar-refractivity contribution in [2.75, 3.05) is 31.1 Å². The van der Waals surface area contributed by atoms with E-state index in [1.54, 1.807) is 0 Å². The maximum absolute atomic E-state index is 11.6. The van der Waals surface area contributed by atoms with Gasteiger partial charge in [0, 0.05) is 44.5 Å². The number of hydrogen-bond acceptors (Lipinski definition) is 3. The Hall–Kier alpha value is -1.75. The van der Waals surface area contributed by atoms with Crippen molar-refractivity contribution in [2.24, 2.45) is 5.73 Å². The molecule has 0 bridgehead atoms. The molecule has 0 unspecified atom stereocenters. The fourth-order valence-electron chi connectivity index (χ4n) is 2.46. The predicted molar refractivity (Wildman–Crippen MR) is 81.8 cm³/mol. The Morgan fingerprint density at radius 1 is 1.35 bits per heavy atom. The van der Waals surface area contributed by atoms with Gasteiger partial charge in [0.2, 0.25) is 0 Å². The Morgan fingerprint density at radius 3 is 2.55 bits per heavy atom. The van der Waals surface area contributed by atoms with Crippen LogP contribution in [0.3, 0.4) is 0 Å². The van der Waals surface area contributed by atoms with Crippen LogP contribution in [0.5, 0.6) is 0 Å². The first-order valence-electron chi connectivity index (χ1n) is 7.20. The lowest BCUT2D eigenvalue weighted by Crippen LogP contribution is -2.40. The highest BCUT2D eigenvalue weighted by atomic mass is 16.2. The van der Waals surface area contributed by atoms with E-state index in [-0.39, 0.29) is 6.03 Å². The Morgan fingerprint density at radius 2 is 2.05 bits per heavy atom. The van der Waals surface area contributed by atoms with E-state index in [9.17, 15) is 4.79 Å². The van der Waals surface area contributed by atoms with Crippen LogP contribution in [0.25, 0.3) is 0 Å². The molecule has 5 heteroatoms. The summed E-state index contributed by atoms with van der Waals surface area (Å²) >= 11 is 0. The van der Waals surface area contributed by atoms with Crippen molar-refractivity contribution in [1.29, 1.82) is 0 Å². The minimum Gasteiger partial charge on any atom is -0.367 e. The molecule has 0 atom stereocenters. The van der Waals surface area contributed by atoms with Gasteiger partial charge in [0.25, 0.3) is 0 Å². The Bertz CT molecular complexity index is 444. The van der Waals surface area contributed by atoms with E-state index in [1.165, 1.54) is 5.69 Å². The lowest BCUT2D eigenvalue weighted by molar-refractivity contribution is 0.218. The van der Waals surface area contributed by atoms with Crippen molar-refractivity contribution >= 4 is 11.7 Å². The molecule has 1 aliphatic heterocycles. The Labute approximate surface area is 120 Å². The van der Waals surface area contributed by atoms with E-state index in [0.29, 0.717) is 12.6 Å². The topological polar surface area (TPSA) is 61.6 Å². The van der Waals surface area contributed by atoms with Gasteiger partial charge in [-0.15, -0.1) is 0 Å². The van der Waals surface area contributed by atoms with Gasteiger partial charge in [0.1, 0.15) is 0 Å². The summed E-state index contributed by atoms with van der Waals surface area (Å²) in [6.45, 7) is 8.05. The third-order valence-electron chi connectivity index (χ3n) is 3.68. The third kappa shape index (κ3) is 3.42. The van der Waals surface area contributed by atoms with Crippen LogP contribution < -0.4 is 16.0 Å². The fraction of sp³-hybridized carbons (Fsp3) is 0.533. The lowest BCUT2D eigenvalue weighted by atomic mass is 10.1. The fourth-order valence-corrected chi connectivity index (χ4v) is 2.46. The van der Waals surface area contributed by atoms with Gasteiger partial charge in [0.15, 0.2) is 0 Å². The van der Waals surface area contributed by atoms with Gasteiger partial charge >= 0.3 is 6.03 Å². The van der Waals surface area contributed by atoms with E-state index in [2.05, 4.69) is 48.3 Å². The molecule has 0 spiro atoms. The van der Waals surface area contributed by atoms with Crippen molar-refractivity contribution in [3.63, 3.8) is 0 Å². The average Bonchev–Trinajstić information content (AvgIpc) is 2.85. The van der Waals surface area contributed by atoms with Crippen LogP contribution in [-0.4, -0.2) is 43.2 Å². The SMILES string of the molecule is CC(C)N(CCN1CCNC1=O)c1ccc(CN)cc1. The van der Waals surface area contributed by atoms with Crippen LogP contribution in [-0.2, 0) is 6.54 Å². The number of carbonyl (C=O) groups excluding carboxylic acids is 1. The van der Waals surface area contributed by atoms with Gasteiger partial charge in [-0.05, 0) is 31.5 Å². The molecule has 2 rings (SSSR count). The zero-order chi connectivity index (χ0) is 14.5. The van der Waals surface area contributed by atoms with Crippen molar-refractivity contribution in [3.05, 3.63) is 29.8 Å². The number of rotatable bonds is 6. The molecule has 1 fully saturated rings. The van der Waals surface area contributed by atoms with E-state index in [4.69, 9.17) is 5.73 Å². The van der Waals surface area contributed by atoms with Gasteiger partial charge in [-0.2, -0.15) is 0 Å². The number of carbonyl (C=O) groups is 1. The summed E-state index contributed by atoms with van der Waals surface area (Å²) in [6.07, 6.45) is 0. The van der Waals surface area contributed by atoms with Crippen molar-refractivity contribution in [1.82, 2.24) is 10.2 Å². The van der Waals surface area contributed by atoms with E-state index in [1.807, 2.05) is 4.90 Å². The highest BCUT2D eigenvalue weighted by Gasteiger charge is 2.20. The van der Waals surface area contributed by atoms with Gasteiger partial charge in [0.05, 0.1) is 0 Å². The second-order valence-corrected chi connectivity index (χ2v) is 5.38. The average molecular weight is 276 g/mol. The van der Waals surface area contributed by atoms with Gasteiger partial charge in [-0.3, -0.25) is 0 Å². The van der Waals surface area contributed by atoms with Crippen LogP contribution in [0.2, 0.25) is 0 Å². The molecule has 1 heterocycles. The molecule has 2 amide bonds. The molecule has 0 radical (unpaired) electrons. The van der Waals surface area contributed by atoms with E-state index in [0.717, 1.165) is 31.7 Å². The van der Waals surface area contributed by atoms with Crippen molar-refractivity contribution < 1.29 is 4.79 Å². The van der Waals surface area contributed by atoms with E-state index >= 15 is 0 Å². The van der Waals surface area contributed by atoms with Gasteiger partial charge in [-0.1, -0.05) is 12.1 Å². The second kappa shape index (κ2) is 6.61. The Balaban J connectivity index is 2.00. The molecule has 1 aromatic carbocycles. The molecule has 1 saturated heterocycles. The molecule has 0 aliphatic carbocycles. The van der Waals surface area contributed by atoms with Gasteiger partial charge in [-0.25, -0.2) is 4.79 Å². The number of nitrogens with one attached hydrogen (secondary N) is 1. The van der Waals surface area contributed by atoms with Crippen molar-refractivity contribution in [3.8, 4) is 0 Å². The maximum atomic E-state index is 11.6. The summed E-state index contributed by atoms with van der Waals surface area (Å²) < 4.78 is 0. The number of amides is 2. The summed E-state index contributed by atoms with van der Waals surface area (Å²) in [5.74, 6) is 0. The first kappa shape index (κ1) is 14.7. The maximum Gasteiger partial charge on any atom is 0.317 e. The van der Waals surface area contributed by atoms with Crippen molar-refractivity contribution in [2.45, 2.75) is 26.4 Å². The van der Waals surface area contributed by atoms with Crippen LogP contribution in [0.4, 0.5) is 10.5 Å². The molecule has 20 heavy (non-hydrogen) atoms. The molecule has 0 aromatic heterocycles. The van der Waals surface area contributed by atoms with Gasteiger partial charge < -0.3 is 20.9 Å². The van der Waals surface area contributed by atoms with Crippen LogP contribution in [0.1, 0.15) is 19.4 Å². The summed E-state index contributed by atoms with van der Waals surface area (Å²) in [7, 11) is 0. The highest BCUT2D eigenvalue weighted by molar-refractivity contribution is 5.76. The van der Waals surface area contributed by atoms with Crippen LogP contribution in [0, 0.1) is 0 Å². The molecular formula is C15H24N4O. The van der Waals surface area contributed by atoms with Crippen LogP contribution in [0.15, 0.2) is 24.3 Å². The normalized spacial score (nSPS) is 14.8. The number of benzene rings is 1. The summed E-state index contributed by atoms with van der Waals surface area (Å²) in [5.41, 5.74) is 7.94. The summed E-state index contributed by atoms with van der Waals surface area (Å²) in [5, 5.41) is 2.83. The molecule has 1 aromatic rings. The smallest absolute Gasteiger partial charge is 0.317 e. The molecule has 3 N–H and O–H groups in total. The first-order chi connectivity index (χ1) is 9.61. The molecule has 5 nitrogen and oxygen atoms in total. The molecule has 1 aliphatic rings. The lowest BCUT2D eigenvalue weighted by Gasteiger charge is -2.30. The van der Waals surface area contributed by atoms with Crippen LogP contribution >= 0.6 is 0 Å². The third-order valence-corrected chi connectivity index (χ3v) is 3.68. The Kier molecular flexibility index (Phi) is 4.84.